The van der Waals surface area contributed by atoms with Gasteiger partial charge in [0.05, 0.1) is 33.1 Å². The molecule has 4 heteroatoms. The van der Waals surface area contributed by atoms with E-state index in [1.165, 1.54) is 54.4 Å². The molecular formula is C41H26N4. The number of hydrogen-bond acceptors (Lipinski definition) is 1. The van der Waals surface area contributed by atoms with Gasteiger partial charge in [0.2, 0.25) is 0 Å². The molecular weight excluding hydrogens is 548 g/mol. The number of aromatic nitrogens is 4. The van der Waals surface area contributed by atoms with Gasteiger partial charge in [0.1, 0.15) is 6.33 Å². The summed E-state index contributed by atoms with van der Waals surface area (Å²) in [6.07, 6.45) is 1.92. The molecule has 0 atom stereocenters. The first-order valence-corrected chi connectivity index (χ1v) is 15.3. The zero-order valence-electron chi connectivity index (χ0n) is 24.3. The highest BCUT2D eigenvalue weighted by Gasteiger charge is 2.20. The first kappa shape index (κ1) is 24.3. The second-order valence-corrected chi connectivity index (χ2v) is 11.7. The van der Waals surface area contributed by atoms with Crippen LogP contribution < -0.4 is 0 Å². The molecule has 0 aliphatic rings. The number of benzene rings is 7. The molecule has 0 unspecified atom stereocenters. The van der Waals surface area contributed by atoms with Crippen molar-refractivity contribution < 1.29 is 0 Å². The Morgan fingerprint density at radius 2 is 0.844 bits per heavy atom. The molecule has 3 heterocycles. The summed E-state index contributed by atoms with van der Waals surface area (Å²) < 4.78 is 7.04. The Morgan fingerprint density at radius 1 is 0.356 bits per heavy atom. The second-order valence-electron chi connectivity index (χ2n) is 11.7. The van der Waals surface area contributed by atoms with E-state index in [2.05, 4.69) is 159 Å². The average Bonchev–Trinajstić information content (AvgIpc) is 3.79. The van der Waals surface area contributed by atoms with Gasteiger partial charge in [-0.3, -0.25) is 4.57 Å². The van der Waals surface area contributed by atoms with Gasteiger partial charge in [-0.25, -0.2) is 4.98 Å². The standard InChI is InChI=1S/C41H26N4/c1-3-11-27(12-4-1)43-26-42-36-24-19-29(25-39(36)43)45-38-18-10-8-16-31(38)33-21-22-34-35(41(33)45)23-20-32-30-15-7-9-17-37(30)44(40(32)34)28-13-5-2-6-14-28/h1-26H. The number of nitrogens with zero attached hydrogens (tertiary/aromatic N) is 4. The Bertz CT molecular complexity index is 2750. The van der Waals surface area contributed by atoms with Gasteiger partial charge in [-0.05, 0) is 54.6 Å². The van der Waals surface area contributed by atoms with Crippen LogP contribution in [0.5, 0.6) is 0 Å². The lowest BCUT2D eigenvalue weighted by Crippen LogP contribution is -1.97. The van der Waals surface area contributed by atoms with Crippen molar-refractivity contribution in [2.45, 2.75) is 0 Å². The third-order valence-corrected chi connectivity index (χ3v) is 9.30. The summed E-state index contributed by atoms with van der Waals surface area (Å²) in [4.78, 5) is 4.74. The third-order valence-electron chi connectivity index (χ3n) is 9.30. The number of hydrogen-bond donors (Lipinski definition) is 0. The molecule has 0 aliphatic heterocycles. The minimum atomic E-state index is 0.974. The first-order chi connectivity index (χ1) is 22.3. The van der Waals surface area contributed by atoms with Crippen LogP contribution in [0.2, 0.25) is 0 Å². The van der Waals surface area contributed by atoms with Crippen LogP contribution in [-0.2, 0) is 0 Å². The molecule has 210 valence electrons. The minimum Gasteiger partial charge on any atom is -0.309 e. The fourth-order valence-corrected chi connectivity index (χ4v) is 7.37. The fourth-order valence-electron chi connectivity index (χ4n) is 7.37. The maximum atomic E-state index is 4.74. The summed E-state index contributed by atoms with van der Waals surface area (Å²) in [5, 5.41) is 7.48. The molecule has 0 saturated heterocycles. The van der Waals surface area contributed by atoms with Crippen LogP contribution in [0, 0.1) is 0 Å². The van der Waals surface area contributed by atoms with Gasteiger partial charge in [0, 0.05) is 49.4 Å². The quantitative estimate of drug-likeness (QED) is 0.206. The number of imidazole rings is 1. The van der Waals surface area contributed by atoms with Crippen LogP contribution in [0.1, 0.15) is 0 Å². The largest absolute Gasteiger partial charge is 0.309 e. The molecule has 10 aromatic rings. The van der Waals surface area contributed by atoms with Crippen LogP contribution in [-0.4, -0.2) is 18.7 Å². The smallest absolute Gasteiger partial charge is 0.100 e. The van der Waals surface area contributed by atoms with Crippen molar-refractivity contribution in [3.63, 3.8) is 0 Å². The summed E-state index contributed by atoms with van der Waals surface area (Å²) in [6, 6.07) is 54.5. The highest BCUT2D eigenvalue weighted by Crippen LogP contribution is 2.42. The Labute approximate surface area is 258 Å². The predicted octanol–water partition coefficient (Wildman–Crippen LogP) is 10.4. The van der Waals surface area contributed by atoms with Gasteiger partial charge in [-0.15, -0.1) is 0 Å². The van der Waals surface area contributed by atoms with E-state index >= 15 is 0 Å². The maximum absolute atomic E-state index is 4.74. The van der Waals surface area contributed by atoms with E-state index in [-0.39, 0.29) is 0 Å². The van der Waals surface area contributed by atoms with Crippen molar-refractivity contribution in [3.8, 4) is 17.1 Å². The van der Waals surface area contributed by atoms with Crippen molar-refractivity contribution in [2.75, 3.05) is 0 Å². The second kappa shape index (κ2) is 9.18. The molecule has 7 aromatic carbocycles. The fraction of sp³-hybridized carbons (Fsp3) is 0. The number of rotatable bonds is 3. The molecule has 0 amide bonds. The SMILES string of the molecule is c1ccc(-n2cnc3ccc(-n4c5ccccc5c5ccc6c(ccc7c8ccccc8n(-c8ccccc8)c76)c54)cc32)cc1. The van der Waals surface area contributed by atoms with E-state index in [0.29, 0.717) is 0 Å². The van der Waals surface area contributed by atoms with Gasteiger partial charge in [0.15, 0.2) is 0 Å². The Kier molecular flexibility index (Phi) is 4.96. The molecule has 0 N–H and O–H groups in total. The summed E-state index contributed by atoms with van der Waals surface area (Å²) in [7, 11) is 0. The number of para-hydroxylation sites is 4. The van der Waals surface area contributed by atoms with Gasteiger partial charge < -0.3 is 9.13 Å². The zero-order valence-corrected chi connectivity index (χ0v) is 24.3. The van der Waals surface area contributed by atoms with Gasteiger partial charge in [-0.2, -0.15) is 0 Å². The van der Waals surface area contributed by atoms with Gasteiger partial charge in [0.25, 0.3) is 0 Å². The molecule has 10 rings (SSSR count). The lowest BCUT2D eigenvalue weighted by molar-refractivity contribution is 1.09. The van der Waals surface area contributed by atoms with Crippen molar-refractivity contribution in [3.05, 3.63) is 158 Å². The summed E-state index contributed by atoms with van der Waals surface area (Å²) in [6.45, 7) is 0. The van der Waals surface area contributed by atoms with Crippen molar-refractivity contribution in [1.29, 1.82) is 0 Å². The first-order valence-electron chi connectivity index (χ1n) is 15.3. The summed E-state index contributed by atoms with van der Waals surface area (Å²) in [5.74, 6) is 0. The maximum Gasteiger partial charge on any atom is 0.100 e. The van der Waals surface area contributed by atoms with Gasteiger partial charge >= 0.3 is 0 Å². The Balaban J connectivity index is 1.35. The van der Waals surface area contributed by atoms with Crippen LogP contribution in [0.15, 0.2) is 158 Å². The highest BCUT2D eigenvalue weighted by atomic mass is 15.1. The average molecular weight is 575 g/mol. The molecule has 0 aliphatic carbocycles. The van der Waals surface area contributed by atoms with E-state index in [4.69, 9.17) is 4.98 Å². The molecule has 0 spiro atoms. The number of fused-ring (bicyclic) bond motifs is 10. The normalized spacial score (nSPS) is 12.0. The Hall–Kier alpha value is -6.13. The lowest BCUT2D eigenvalue weighted by Gasteiger charge is -2.13. The van der Waals surface area contributed by atoms with E-state index in [1.807, 2.05) is 12.4 Å². The highest BCUT2D eigenvalue weighted by molar-refractivity contribution is 6.26. The van der Waals surface area contributed by atoms with Crippen LogP contribution in [0.4, 0.5) is 0 Å². The topological polar surface area (TPSA) is 27.7 Å². The van der Waals surface area contributed by atoms with Crippen LogP contribution >= 0.6 is 0 Å². The van der Waals surface area contributed by atoms with E-state index < -0.39 is 0 Å². The molecule has 4 nitrogen and oxygen atoms in total. The predicted molar refractivity (Wildman–Crippen MR) is 187 cm³/mol. The molecule has 3 aromatic heterocycles. The summed E-state index contributed by atoms with van der Waals surface area (Å²) in [5.41, 5.74) is 10.3. The molecule has 0 bridgehead atoms. The Morgan fingerprint density at radius 3 is 1.44 bits per heavy atom. The van der Waals surface area contributed by atoms with Crippen LogP contribution in [0.3, 0.4) is 0 Å². The van der Waals surface area contributed by atoms with Crippen molar-refractivity contribution >= 4 is 65.4 Å². The van der Waals surface area contributed by atoms with Crippen molar-refractivity contribution in [2.24, 2.45) is 0 Å². The molecule has 0 radical (unpaired) electrons. The monoisotopic (exact) mass is 574 g/mol. The summed E-state index contributed by atoms with van der Waals surface area (Å²) >= 11 is 0. The van der Waals surface area contributed by atoms with E-state index in [9.17, 15) is 0 Å². The van der Waals surface area contributed by atoms with E-state index in [1.54, 1.807) is 0 Å². The van der Waals surface area contributed by atoms with Gasteiger partial charge in [-0.1, -0.05) is 97.1 Å². The lowest BCUT2D eigenvalue weighted by atomic mass is 10.0. The zero-order chi connectivity index (χ0) is 29.5. The molecule has 45 heavy (non-hydrogen) atoms. The van der Waals surface area contributed by atoms with Crippen LogP contribution in [0.25, 0.3) is 82.5 Å². The minimum absolute atomic E-state index is 0.974. The van der Waals surface area contributed by atoms with Crippen molar-refractivity contribution in [1.82, 2.24) is 18.7 Å². The van der Waals surface area contributed by atoms with E-state index in [0.717, 1.165) is 28.1 Å². The third kappa shape index (κ3) is 3.39. The molecule has 0 saturated carbocycles. The molecule has 0 fully saturated rings.